The summed E-state index contributed by atoms with van der Waals surface area (Å²) in [5, 5.41) is 0.611. The van der Waals surface area contributed by atoms with Gasteiger partial charge in [-0.15, -0.1) is 0 Å². The Morgan fingerprint density at radius 1 is 1.38 bits per heavy atom. The van der Waals surface area contributed by atoms with Crippen LogP contribution in [0.5, 0.6) is 0 Å². The Kier molecular flexibility index (Phi) is 2.46. The van der Waals surface area contributed by atoms with Crippen molar-refractivity contribution in [3.8, 4) is 0 Å². The van der Waals surface area contributed by atoms with Gasteiger partial charge in [-0.2, -0.15) is 4.39 Å². The minimum atomic E-state index is -0.200. The SMILES string of the molecule is CN1CCN(c2ncc(F)s2)CC1. The third-order valence-electron chi connectivity index (χ3n) is 2.24. The highest BCUT2D eigenvalue weighted by Gasteiger charge is 2.16. The van der Waals surface area contributed by atoms with Gasteiger partial charge in [0.1, 0.15) is 0 Å². The van der Waals surface area contributed by atoms with Crippen molar-refractivity contribution in [2.75, 3.05) is 38.1 Å². The Morgan fingerprint density at radius 2 is 2.08 bits per heavy atom. The fraction of sp³-hybridized carbons (Fsp3) is 0.625. The Morgan fingerprint density at radius 3 is 2.62 bits per heavy atom. The number of hydrogen-bond acceptors (Lipinski definition) is 4. The van der Waals surface area contributed by atoms with Crippen LogP contribution in [0.2, 0.25) is 0 Å². The predicted molar refractivity (Wildman–Crippen MR) is 51.8 cm³/mol. The van der Waals surface area contributed by atoms with Crippen molar-refractivity contribution < 1.29 is 4.39 Å². The lowest BCUT2D eigenvalue weighted by atomic mass is 10.3. The van der Waals surface area contributed by atoms with Gasteiger partial charge in [-0.25, -0.2) is 4.98 Å². The van der Waals surface area contributed by atoms with E-state index in [2.05, 4.69) is 21.8 Å². The number of rotatable bonds is 1. The normalized spacial score (nSPS) is 19.4. The predicted octanol–water partition coefficient (Wildman–Crippen LogP) is 1.03. The molecule has 1 aliphatic rings. The number of hydrogen-bond donors (Lipinski definition) is 0. The van der Waals surface area contributed by atoms with Crippen molar-refractivity contribution in [1.82, 2.24) is 9.88 Å². The van der Waals surface area contributed by atoms with E-state index >= 15 is 0 Å². The summed E-state index contributed by atoms with van der Waals surface area (Å²) in [5.41, 5.74) is 0. The standard InChI is InChI=1S/C8H12FN3S/c1-11-2-4-12(5-3-11)8-10-6-7(9)13-8/h6H,2-5H2,1H3. The molecule has 13 heavy (non-hydrogen) atoms. The van der Waals surface area contributed by atoms with E-state index in [1.807, 2.05) is 0 Å². The van der Waals surface area contributed by atoms with Gasteiger partial charge in [0.05, 0.1) is 6.20 Å². The molecule has 0 aromatic carbocycles. The molecule has 1 aromatic rings. The molecular weight excluding hydrogens is 189 g/mol. The molecule has 0 saturated carbocycles. The van der Waals surface area contributed by atoms with E-state index in [9.17, 15) is 4.39 Å². The number of thiazole rings is 1. The lowest BCUT2D eigenvalue weighted by molar-refractivity contribution is 0.313. The summed E-state index contributed by atoms with van der Waals surface area (Å²) >= 11 is 1.13. The zero-order valence-corrected chi connectivity index (χ0v) is 8.35. The second-order valence-electron chi connectivity index (χ2n) is 3.24. The average molecular weight is 201 g/mol. The first kappa shape index (κ1) is 8.90. The van der Waals surface area contributed by atoms with Crippen LogP contribution in [-0.4, -0.2) is 43.1 Å². The van der Waals surface area contributed by atoms with E-state index in [0.717, 1.165) is 42.6 Å². The van der Waals surface area contributed by atoms with Crippen LogP contribution in [0.3, 0.4) is 0 Å². The van der Waals surface area contributed by atoms with Crippen LogP contribution in [0, 0.1) is 5.13 Å². The number of aromatic nitrogens is 1. The monoisotopic (exact) mass is 201 g/mol. The largest absolute Gasteiger partial charge is 0.345 e. The fourth-order valence-corrected chi connectivity index (χ4v) is 2.09. The summed E-state index contributed by atoms with van der Waals surface area (Å²) in [4.78, 5) is 8.41. The molecule has 1 aromatic heterocycles. The Hall–Kier alpha value is -0.680. The molecule has 2 rings (SSSR count). The van der Waals surface area contributed by atoms with Gasteiger partial charge in [-0.05, 0) is 7.05 Å². The first-order valence-electron chi connectivity index (χ1n) is 4.30. The van der Waals surface area contributed by atoms with Crippen molar-refractivity contribution in [3.63, 3.8) is 0 Å². The van der Waals surface area contributed by atoms with Crippen LogP contribution in [0.1, 0.15) is 0 Å². The quantitative estimate of drug-likeness (QED) is 0.676. The molecule has 1 saturated heterocycles. The summed E-state index contributed by atoms with van der Waals surface area (Å²) in [7, 11) is 2.10. The maximum absolute atomic E-state index is 12.7. The molecule has 0 bridgehead atoms. The Bertz CT molecular complexity index is 281. The van der Waals surface area contributed by atoms with Crippen LogP contribution in [0.25, 0.3) is 0 Å². The Labute approximate surface area is 80.8 Å². The molecule has 0 radical (unpaired) electrons. The number of likely N-dealkylation sites (N-methyl/N-ethyl adjacent to an activating group) is 1. The maximum atomic E-state index is 12.7. The van der Waals surface area contributed by atoms with Crippen LogP contribution in [0.4, 0.5) is 9.52 Å². The van der Waals surface area contributed by atoms with Gasteiger partial charge >= 0.3 is 0 Å². The van der Waals surface area contributed by atoms with Gasteiger partial charge in [0, 0.05) is 26.2 Å². The third kappa shape index (κ3) is 1.97. The third-order valence-corrected chi connectivity index (χ3v) is 3.09. The Balaban J connectivity index is 2.02. The van der Waals surface area contributed by atoms with Crippen molar-refractivity contribution in [3.05, 3.63) is 11.3 Å². The van der Waals surface area contributed by atoms with E-state index in [4.69, 9.17) is 0 Å². The zero-order chi connectivity index (χ0) is 9.26. The van der Waals surface area contributed by atoms with E-state index in [1.54, 1.807) is 0 Å². The molecular formula is C8H12FN3S. The molecule has 0 aliphatic carbocycles. The lowest BCUT2D eigenvalue weighted by Crippen LogP contribution is -2.44. The number of nitrogens with zero attached hydrogens (tertiary/aromatic N) is 3. The number of anilines is 1. The minimum Gasteiger partial charge on any atom is -0.345 e. The second-order valence-corrected chi connectivity index (χ2v) is 4.20. The number of piperazine rings is 1. The molecule has 0 atom stereocenters. The fourth-order valence-electron chi connectivity index (χ4n) is 1.39. The van der Waals surface area contributed by atoms with Crippen molar-refractivity contribution in [1.29, 1.82) is 0 Å². The highest BCUT2D eigenvalue weighted by molar-refractivity contribution is 7.14. The first-order valence-corrected chi connectivity index (χ1v) is 5.12. The molecule has 0 amide bonds. The van der Waals surface area contributed by atoms with E-state index in [-0.39, 0.29) is 5.13 Å². The van der Waals surface area contributed by atoms with Crippen molar-refractivity contribution >= 4 is 16.5 Å². The van der Waals surface area contributed by atoms with Crippen LogP contribution < -0.4 is 4.90 Å². The van der Waals surface area contributed by atoms with Gasteiger partial charge in [0.2, 0.25) is 0 Å². The van der Waals surface area contributed by atoms with E-state index < -0.39 is 0 Å². The minimum absolute atomic E-state index is 0.200. The lowest BCUT2D eigenvalue weighted by Gasteiger charge is -2.31. The number of halogens is 1. The molecule has 2 heterocycles. The summed E-state index contributed by atoms with van der Waals surface area (Å²) in [6.07, 6.45) is 1.29. The summed E-state index contributed by atoms with van der Waals surface area (Å²) < 4.78 is 12.7. The maximum Gasteiger partial charge on any atom is 0.198 e. The highest BCUT2D eigenvalue weighted by Crippen LogP contribution is 2.21. The van der Waals surface area contributed by atoms with Gasteiger partial charge in [0.15, 0.2) is 10.3 Å². The molecule has 1 fully saturated rings. The molecule has 3 nitrogen and oxygen atoms in total. The van der Waals surface area contributed by atoms with Crippen LogP contribution >= 0.6 is 11.3 Å². The van der Waals surface area contributed by atoms with Crippen LogP contribution in [0.15, 0.2) is 6.20 Å². The van der Waals surface area contributed by atoms with E-state index in [1.165, 1.54) is 6.20 Å². The highest BCUT2D eigenvalue weighted by atomic mass is 32.1. The second kappa shape index (κ2) is 3.59. The van der Waals surface area contributed by atoms with Gasteiger partial charge < -0.3 is 9.80 Å². The molecule has 5 heteroatoms. The van der Waals surface area contributed by atoms with Gasteiger partial charge in [0.25, 0.3) is 0 Å². The molecule has 72 valence electrons. The smallest absolute Gasteiger partial charge is 0.198 e. The molecule has 0 unspecified atom stereocenters. The summed E-state index contributed by atoms with van der Waals surface area (Å²) in [5.74, 6) is 0. The van der Waals surface area contributed by atoms with Gasteiger partial charge in [-0.1, -0.05) is 11.3 Å². The molecule has 1 aliphatic heterocycles. The average Bonchev–Trinajstić information content (AvgIpc) is 2.53. The zero-order valence-electron chi connectivity index (χ0n) is 7.53. The summed E-state index contributed by atoms with van der Waals surface area (Å²) in [6.45, 7) is 3.95. The van der Waals surface area contributed by atoms with Gasteiger partial charge in [-0.3, -0.25) is 0 Å². The molecule has 0 spiro atoms. The van der Waals surface area contributed by atoms with Crippen molar-refractivity contribution in [2.45, 2.75) is 0 Å². The first-order chi connectivity index (χ1) is 6.25. The molecule has 0 N–H and O–H groups in total. The topological polar surface area (TPSA) is 19.4 Å². The summed E-state index contributed by atoms with van der Waals surface area (Å²) in [6, 6.07) is 0. The van der Waals surface area contributed by atoms with Crippen molar-refractivity contribution in [2.24, 2.45) is 0 Å². The van der Waals surface area contributed by atoms with E-state index in [0.29, 0.717) is 0 Å². The van der Waals surface area contributed by atoms with Crippen LogP contribution in [-0.2, 0) is 0 Å².